The number of hydrogen-bond acceptors (Lipinski definition) is 3. The fraction of sp³-hybridized carbons (Fsp3) is 0.429. The molecule has 0 spiro atoms. The molecule has 1 aromatic heterocycles. The molecule has 2 aliphatic rings. The maximum atomic E-state index is 12.7. The third kappa shape index (κ3) is 3.58. The second-order valence-electron chi connectivity index (χ2n) is 7.33. The molecule has 26 heavy (non-hydrogen) atoms. The van der Waals surface area contributed by atoms with Gasteiger partial charge in [0, 0.05) is 12.2 Å². The molecule has 1 atom stereocenters. The van der Waals surface area contributed by atoms with Crippen molar-refractivity contribution >= 4 is 5.91 Å². The minimum Gasteiger partial charge on any atom is -0.345 e. The monoisotopic (exact) mass is 351 g/mol. The van der Waals surface area contributed by atoms with Crippen LogP contribution in [0, 0.1) is 0 Å². The maximum Gasteiger partial charge on any atom is 0.261 e. The Labute approximate surface area is 153 Å². The Kier molecular flexibility index (Phi) is 4.89. The fourth-order valence-electron chi connectivity index (χ4n) is 4.11. The molecule has 5 heteroatoms. The molecular weight excluding hydrogens is 326 g/mol. The second kappa shape index (κ2) is 7.46. The van der Waals surface area contributed by atoms with Crippen LogP contribution >= 0.6 is 0 Å². The van der Waals surface area contributed by atoms with E-state index in [9.17, 15) is 9.59 Å². The summed E-state index contributed by atoms with van der Waals surface area (Å²) in [4.78, 5) is 30.3. The molecule has 0 saturated carbocycles. The van der Waals surface area contributed by atoms with E-state index in [-0.39, 0.29) is 23.1 Å². The van der Waals surface area contributed by atoms with Crippen LogP contribution in [0.3, 0.4) is 0 Å². The van der Waals surface area contributed by atoms with E-state index < -0.39 is 0 Å². The molecule has 4 rings (SSSR count). The lowest BCUT2D eigenvalue weighted by Gasteiger charge is -2.26. The number of fused-ring (bicyclic) bond motifs is 1. The van der Waals surface area contributed by atoms with Crippen LogP contribution in [0.15, 0.2) is 41.2 Å². The van der Waals surface area contributed by atoms with Crippen LogP contribution in [0.1, 0.15) is 58.9 Å². The molecule has 1 aliphatic carbocycles. The fourth-order valence-corrected chi connectivity index (χ4v) is 4.11. The Morgan fingerprint density at radius 2 is 1.92 bits per heavy atom. The van der Waals surface area contributed by atoms with Crippen LogP contribution in [0.25, 0.3) is 0 Å². The van der Waals surface area contributed by atoms with Crippen LogP contribution in [-0.4, -0.2) is 28.9 Å². The molecule has 1 fully saturated rings. The van der Waals surface area contributed by atoms with Gasteiger partial charge in [0.15, 0.2) is 0 Å². The predicted molar refractivity (Wildman–Crippen MR) is 101 cm³/mol. The highest BCUT2D eigenvalue weighted by atomic mass is 16.2. The number of amides is 1. The van der Waals surface area contributed by atoms with Gasteiger partial charge in [-0.1, -0.05) is 24.3 Å². The average Bonchev–Trinajstić information content (AvgIpc) is 3.15. The zero-order chi connectivity index (χ0) is 17.9. The molecule has 2 aromatic rings. The molecule has 5 nitrogen and oxygen atoms in total. The lowest BCUT2D eigenvalue weighted by atomic mass is 9.87. The largest absolute Gasteiger partial charge is 0.345 e. The van der Waals surface area contributed by atoms with Gasteiger partial charge in [-0.15, -0.1) is 0 Å². The summed E-state index contributed by atoms with van der Waals surface area (Å²) >= 11 is 0. The number of rotatable bonds is 4. The van der Waals surface area contributed by atoms with Crippen LogP contribution in [0.2, 0.25) is 0 Å². The van der Waals surface area contributed by atoms with E-state index in [0.717, 1.165) is 44.6 Å². The van der Waals surface area contributed by atoms with Crippen molar-refractivity contribution in [2.24, 2.45) is 0 Å². The summed E-state index contributed by atoms with van der Waals surface area (Å²) in [7, 11) is 0. The number of nitrogens with zero attached hydrogens (tertiary/aromatic N) is 1. The number of carbonyl (C=O) groups excluding carboxylic acids is 1. The minimum absolute atomic E-state index is 0.0175. The van der Waals surface area contributed by atoms with Crippen LogP contribution in [0.5, 0.6) is 0 Å². The molecule has 1 aliphatic heterocycles. The second-order valence-corrected chi connectivity index (χ2v) is 7.33. The van der Waals surface area contributed by atoms with Crippen molar-refractivity contribution in [2.75, 3.05) is 13.1 Å². The van der Waals surface area contributed by atoms with Crippen molar-refractivity contribution in [2.45, 2.75) is 44.7 Å². The van der Waals surface area contributed by atoms with Gasteiger partial charge in [0.1, 0.15) is 5.56 Å². The number of aryl methyl sites for hydroxylation is 1. The lowest BCUT2D eigenvalue weighted by Crippen LogP contribution is -2.34. The third-order valence-electron chi connectivity index (χ3n) is 5.48. The molecule has 0 bridgehead atoms. The molecule has 1 saturated heterocycles. The number of hydrogen-bond donors (Lipinski definition) is 2. The normalized spacial score (nSPS) is 19.9. The number of H-pyrrole nitrogens is 1. The first kappa shape index (κ1) is 17.0. The molecule has 2 N–H and O–H groups in total. The molecule has 2 heterocycles. The maximum absolute atomic E-state index is 12.7. The summed E-state index contributed by atoms with van der Waals surface area (Å²) in [6, 6.07) is 11.7. The van der Waals surface area contributed by atoms with Gasteiger partial charge in [-0.05, 0) is 68.5 Å². The van der Waals surface area contributed by atoms with Gasteiger partial charge in [0.25, 0.3) is 11.5 Å². The summed E-state index contributed by atoms with van der Waals surface area (Å²) in [6.45, 7) is 2.89. The number of aromatic nitrogens is 1. The Morgan fingerprint density at radius 1 is 1.12 bits per heavy atom. The van der Waals surface area contributed by atoms with Crippen LogP contribution in [-0.2, 0) is 13.0 Å². The lowest BCUT2D eigenvalue weighted by molar-refractivity contribution is 0.0931. The predicted octanol–water partition coefficient (Wildman–Crippen LogP) is 2.78. The Hall–Kier alpha value is -2.40. The number of aromatic amines is 1. The van der Waals surface area contributed by atoms with Crippen LogP contribution < -0.4 is 10.9 Å². The van der Waals surface area contributed by atoms with Gasteiger partial charge in [0.2, 0.25) is 0 Å². The zero-order valence-corrected chi connectivity index (χ0v) is 15.0. The molecule has 1 aromatic carbocycles. The summed E-state index contributed by atoms with van der Waals surface area (Å²) in [5.41, 5.74) is 3.23. The zero-order valence-electron chi connectivity index (χ0n) is 15.0. The van der Waals surface area contributed by atoms with E-state index >= 15 is 0 Å². The number of benzene rings is 1. The topological polar surface area (TPSA) is 65.2 Å². The number of carbonyl (C=O) groups is 1. The van der Waals surface area contributed by atoms with E-state index in [0.29, 0.717) is 0 Å². The molecule has 136 valence electrons. The Balaban J connectivity index is 1.47. The third-order valence-corrected chi connectivity index (χ3v) is 5.48. The van der Waals surface area contributed by atoms with E-state index in [1.807, 2.05) is 18.2 Å². The van der Waals surface area contributed by atoms with Gasteiger partial charge in [-0.3, -0.25) is 14.5 Å². The molecular formula is C21H25N3O2. The average molecular weight is 351 g/mol. The summed E-state index contributed by atoms with van der Waals surface area (Å²) in [5, 5.41) is 3.06. The van der Waals surface area contributed by atoms with Crippen molar-refractivity contribution in [1.82, 2.24) is 15.2 Å². The van der Waals surface area contributed by atoms with E-state index in [1.54, 1.807) is 6.07 Å². The molecule has 1 amide bonds. The minimum atomic E-state index is -0.303. The van der Waals surface area contributed by atoms with Crippen LogP contribution in [0.4, 0.5) is 0 Å². The van der Waals surface area contributed by atoms with Gasteiger partial charge < -0.3 is 10.3 Å². The Morgan fingerprint density at radius 3 is 2.73 bits per heavy atom. The molecule has 1 unspecified atom stereocenters. The van der Waals surface area contributed by atoms with E-state index in [4.69, 9.17) is 0 Å². The molecule has 0 radical (unpaired) electrons. The highest BCUT2D eigenvalue weighted by molar-refractivity contribution is 5.94. The first-order chi connectivity index (χ1) is 12.7. The number of nitrogens with one attached hydrogen (secondary N) is 2. The van der Waals surface area contributed by atoms with Gasteiger partial charge in [0.05, 0.1) is 6.04 Å². The smallest absolute Gasteiger partial charge is 0.261 e. The van der Waals surface area contributed by atoms with Crippen molar-refractivity contribution in [3.8, 4) is 0 Å². The van der Waals surface area contributed by atoms with Crippen molar-refractivity contribution < 1.29 is 4.79 Å². The van der Waals surface area contributed by atoms with Crippen molar-refractivity contribution in [3.05, 3.63) is 69.1 Å². The van der Waals surface area contributed by atoms with E-state index in [1.165, 1.54) is 24.0 Å². The highest BCUT2D eigenvalue weighted by Crippen LogP contribution is 2.29. The van der Waals surface area contributed by atoms with Gasteiger partial charge in [-0.25, -0.2) is 0 Å². The Bertz CT molecular complexity index is 852. The van der Waals surface area contributed by atoms with Gasteiger partial charge in [-0.2, -0.15) is 0 Å². The summed E-state index contributed by atoms with van der Waals surface area (Å²) < 4.78 is 0. The van der Waals surface area contributed by atoms with Gasteiger partial charge >= 0.3 is 0 Å². The SMILES string of the molecule is O=C(NC1CCCc2ccccc21)c1ccc(CN2CCCC2)[nH]c1=O. The summed E-state index contributed by atoms with van der Waals surface area (Å²) in [6.07, 6.45) is 5.44. The quantitative estimate of drug-likeness (QED) is 0.890. The number of likely N-dealkylation sites (tertiary alicyclic amines) is 1. The van der Waals surface area contributed by atoms with Crippen molar-refractivity contribution in [1.29, 1.82) is 0 Å². The van der Waals surface area contributed by atoms with E-state index in [2.05, 4.69) is 27.3 Å². The highest BCUT2D eigenvalue weighted by Gasteiger charge is 2.23. The first-order valence-corrected chi connectivity index (χ1v) is 9.54. The number of pyridine rings is 1. The van der Waals surface area contributed by atoms with Crippen molar-refractivity contribution in [3.63, 3.8) is 0 Å². The summed E-state index contributed by atoms with van der Waals surface area (Å²) in [5.74, 6) is -0.291. The standard InChI is InChI=1S/C21H25N3O2/c25-20-18(11-10-16(22-20)14-24-12-3-4-13-24)21(26)23-19-9-5-7-15-6-1-2-8-17(15)19/h1-2,6,8,10-11,19H,3-5,7,9,12-14H2,(H,22,25)(H,23,26). The first-order valence-electron chi connectivity index (χ1n) is 9.54.